The van der Waals surface area contributed by atoms with Crippen molar-refractivity contribution in [3.63, 3.8) is 0 Å². The van der Waals surface area contributed by atoms with Gasteiger partial charge in [-0.15, -0.1) is 0 Å². The van der Waals surface area contributed by atoms with Crippen LogP contribution >= 0.6 is 0 Å². The van der Waals surface area contributed by atoms with E-state index in [-0.39, 0.29) is 11.3 Å². The van der Waals surface area contributed by atoms with Gasteiger partial charge in [0.2, 0.25) is 0 Å². The molecule has 0 spiro atoms. The Morgan fingerprint density at radius 3 is 1.57 bits per heavy atom. The Balaban J connectivity index is 1.92. The summed E-state index contributed by atoms with van der Waals surface area (Å²) in [6.45, 7) is 2.27. The number of hydrogen-bond donors (Lipinski definition) is 1. The first kappa shape index (κ1) is 24.4. The summed E-state index contributed by atoms with van der Waals surface area (Å²) in [4.78, 5) is 23.1. The first-order valence-corrected chi connectivity index (χ1v) is 11.5. The predicted octanol–water partition coefficient (Wildman–Crippen LogP) is 7.83. The van der Waals surface area contributed by atoms with E-state index in [0.717, 1.165) is 12.8 Å². The van der Waals surface area contributed by atoms with Crippen LogP contribution in [0.2, 0.25) is 0 Å². The van der Waals surface area contributed by atoms with Crippen molar-refractivity contribution in [1.29, 1.82) is 0 Å². The minimum atomic E-state index is -0.985. The molecule has 28 heavy (non-hydrogen) atoms. The van der Waals surface area contributed by atoms with E-state index in [1.54, 1.807) is 12.1 Å². The summed E-state index contributed by atoms with van der Waals surface area (Å²) >= 11 is 0. The number of ketones is 1. The lowest BCUT2D eigenvalue weighted by molar-refractivity contribution is 0.0697. The molecule has 0 aliphatic heterocycles. The van der Waals surface area contributed by atoms with Crippen LogP contribution in [0, 0.1) is 0 Å². The molecule has 0 aliphatic carbocycles. The molecule has 0 heterocycles. The lowest BCUT2D eigenvalue weighted by Gasteiger charge is -2.04. The van der Waals surface area contributed by atoms with Gasteiger partial charge in [0.05, 0.1) is 5.56 Å². The van der Waals surface area contributed by atoms with Gasteiger partial charge in [0.15, 0.2) is 5.78 Å². The Bertz CT molecular complexity index is 550. The number of aromatic carboxylic acids is 1. The Morgan fingerprint density at radius 1 is 0.679 bits per heavy atom. The van der Waals surface area contributed by atoms with Gasteiger partial charge < -0.3 is 5.11 Å². The third-order valence-electron chi connectivity index (χ3n) is 5.44. The van der Waals surface area contributed by atoms with Crippen LogP contribution in [0.15, 0.2) is 24.3 Å². The zero-order valence-electron chi connectivity index (χ0n) is 17.9. The normalized spacial score (nSPS) is 10.9. The third kappa shape index (κ3) is 11.9. The van der Waals surface area contributed by atoms with E-state index in [0.29, 0.717) is 12.0 Å². The molecule has 1 rings (SSSR count). The molecule has 1 aromatic carbocycles. The molecule has 0 unspecified atom stereocenters. The Hall–Kier alpha value is -1.64. The highest BCUT2D eigenvalue weighted by molar-refractivity contribution is 5.98. The van der Waals surface area contributed by atoms with Crippen LogP contribution in [-0.2, 0) is 0 Å². The second-order valence-corrected chi connectivity index (χ2v) is 8.01. The fourth-order valence-electron chi connectivity index (χ4n) is 3.63. The van der Waals surface area contributed by atoms with E-state index in [2.05, 4.69) is 6.92 Å². The van der Waals surface area contributed by atoms with Gasteiger partial charge in [-0.3, -0.25) is 4.79 Å². The van der Waals surface area contributed by atoms with Gasteiger partial charge in [-0.25, -0.2) is 4.79 Å². The first-order chi connectivity index (χ1) is 13.6. The largest absolute Gasteiger partial charge is 0.478 e. The van der Waals surface area contributed by atoms with Crippen molar-refractivity contribution in [3.8, 4) is 0 Å². The summed E-state index contributed by atoms with van der Waals surface area (Å²) in [7, 11) is 0. The lowest BCUT2D eigenvalue weighted by Crippen LogP contribution is -2.02. The summed E-state index contributed by atoms with van der Waals surface area (Å²) in [5.74, 6) is -0.931. The molecule has 158 valence electrons. The molecule has 3 heteroatoms. The van der Waals surface area contributed by atoms with Crippen molar-refractivity contribution in [2.45, 2.75) is 110 Å². The van der Waals surface area contributed by atoms with Gasteiger partial charge in [0, 0.05) is 12.0 Å². The Morgan fingerprint density at radius 2 is 1.11 bits per heavy atom. The highest BCUT2D eigenvalue weighted by Gasteiger charge is 2.09. The first-order valence-electron chi connectivity index (χ1n) is 11.5. The molecule has 0 fully saturated rings. The molecule has 0 bridgehead atoms. The van der Waals surface area contributed by atoms with E-state index in [1.807, 2.05) is 0 Å². The molecule has 0 aromatic heterocycles. The van der Waals surface area contributed by atoms with E-state index < -0.39 is 5.97 Å². The van der Waals surface area contributed by atoms with Crippen LogP contribution in [0.4, 0.5) is 0 Å². The number of unbranched alkanes of at least 4 members (excludes halogenated alkanes) is 14. The van der Waals surface area contributed by atoms with Crippen LogP contribution in [-0.4, -0.2) is 16.9 Å². The van der Waals surface area contributed by atoms with Gasteiger partial charge >= 0.3 is 5.97 Å². The van der Waals surface area contributed by atoms with Crippen LogP contribution in [0.3, 0.4) is 0 Å². The van der Waals surface area contributed by atoms with Gasteiger partial charge in [0.1, 0.15) is 0 Å². The minimum Gasteiger partial charge on any atom is -0.478 e. The highest BCUT2D eigenvalue weighted by atomic mass is 16.4. The number of hydrogen-bond acceptors (Lipinski definition) is 2. The Kier molecular flexibility index (Phi) is 14.2. The number of carbonyl (C=O) groups excluding carboxylic acids is 1. The maximum Gasteiger partial charge on any atom is 0.335 e. The molecule has 1 N–H and O–H groups in total. The summed E-state index contributed by atoms with van der Waals surface area (Å²) in [5, 5.41) is 9.00. The van der Waals surface area contributed by atoms with Crippen molar-refractivity contribution in [2.75, 3.05) is 0 Å². The van der Waals surface area contributed by atoms with E-state index >= 15 is 0 Å². The Labute approximate surface area is 171 Å². The fraction of sp³-hybridized carbons (Fsp3) is 0.680. The smallest absolute Gasteiger partial charge is 0.335 e. The van der Waals surface area contributed by atoms with Gasteiger partial charge in [-0.05, 0) is 18.6 Å². The van der Waals surface area contributed by atoms with E-state index in [9.17, 15) is 9.59 Å². The fourth-order valence-corrected chi connectivity index (χ4v) is 3.63. The van der Waals surface area contributed by atoms with E-state index in [4.69, 9.17) is 5.11 Å². The molecule has 0 aliphatic rings. The second kappa shape index (κ2) is 16.3. The molecular weight excluding hydrogens is 348 g/mol. The van der Waals surface area contributed by atoms with Gasteiger partial charge in [0.25, 0.3) is 0 Å². The lowest BCUT2D eigenvalue weighted by atomic mass is 10.0. The quantitative estimate of drug-likeness (QED) is 0.206. The number of rotatable bonds is 18. The molecule has 3 nitrogen and oxygen atoms in total. The molecule has 0 atom stereocenters. The van der Waals surface area contributed by atoms with E-state index in [1.165, 1.54) is 95.6 Å². The zero-order valence-corrected chi connectivity index (χ0v) is 17.9. The molecular formula is C25H40O3. The SMILES string of the molecule is CCCCCCCCCCCCCCCCCC(=O)c1cccc(C(=O)O)c1. The van der Waals surface area contributed by atoms with Crippen LogP contribution in [0.1, 0.15) is 130 Å². The van der Waals surface area contributed by atoms with Crippen molar-refractivity contribution < 1.29 is 14.7 Å². The topological polar surface area (TPSA) is 54.4 Å². The summed E-state index contributed by atoms with van der Waals surface area (Å²) < 4.78 is 0. The highest BCUT2D eigenvalue weighted by Crippen LogP contribution is 2.15. The van der Waals surface area contributed by atoms with Crippen LogP contribution < -0.4 is 0 Å². The van der Waals surface area contributed by atoms with Crippen LogP contribution in [0.5, 0.6) is 0 Å². The number of carboxylic acids is 1. The molecule has 1 aromatic rings. The molecule has 0 saturated carbocycles. The van der Waals surface area contributed by atoms with Crippen molar-refractivity contribution in [2.24, 2.45) is 0 Å². The maximum atomic E-state index is 12.2. The minimum absolute atomic E-state index is 0.0535. The van der Waals surface area contributed by atoms with Gasteiger partial charge in [-0.2, -0.15) is 0 Å². The second-order valence-electron chi connectivity index (χ2n) is 8.01. The van der Waals surface area contributed by atoms with Crippen LogP contribution in [0.25, 0.3) is 0 Å². The summed E-state index contributed by atoms with van der Waals surface area (Å²) in [6.07, 6.45) is 20.1. The molecule has 0 radical (unpaired) electrons. The number of Topliss-reactive ketones (excluding diaryl/α,β-unsaturated/α-hetero) is 1. The predicted molar refractivity (Wildman–Crippen MR) is 117 cm³/mol. The number of carbonyl (C=O) groups is 2. The molecule has 0 saturated heterocycles. The summed E-state index contributed by atoms with van der Waals surface area (Å²) in [6, 6.07) is 6.35. The van der Waals surface area contributed by atoms with Crippen molar-refractivity contribution >= 4 is 11.8 Å². The standard InChI is InChI=1S/C25H40O3/c1-2-3-4-5-6-7-8-9-10-11-12-13-14-15-16-20-24(26)22-18-17-19-23(21-22)25(27)28/h17-19,21H,2-16,20H2,1H3,(H,27,28). The average molecular weight is 389 g/mol. The third-order valence-corrected chi connectivity index (χ3v) is 5.44. The summed E-state index contributed by atoms with van der Waals surface area (Å²) in [5.41, 5.74) is 0.701. The number of carboxylic acid groups (broad SMARTS) is 1. The average Bonchev–Trinajstić information content (AvgIpc) is 2.70. The van der Waals surface area contributed by atoms with Gasteiger partial charge in [-0.1, -0.05) is 109 Å². The zero-order chi connectivity index (χ0) is 20.5. The maximum absolute atomic E-state index is 12.2. The number of benzene rings is 1. The van der Waals surface area contributed by atoms with Crippen molar-refractivity contribution in [3.05, 3.63) is 35.4 Å². The van der Waals surface area contributed by atoms with Crippen molar-refractivity contribution in [1.82, 2.24) is 0 Å². The molecule has 0 amide bonds. The monoisotopic (exact) mass is 388 g/mol.